The topological polar surface area (TPSA) is 28.6 Å². The van der Waals surface area contributed by atoms with Crippen molar-refractivity contribution in [2.75, 3.05) is 32.7 Å². The summed E-state index contributed by atoms with van der Waals surface area (Å²) in [5, 5.41) is 0. The Bertz CT molecular complexity index is 1260. The zero-order chi connectivity index (χ0) is 26.7. The summed E-state index contributed by atoms with van der Waals surface area (Å²) in [6.45, 7) is 16.5. The Morgan fingerprint density at radius 3 is 2.39 bits per heavy atom. The first-order valence-electron chi connectivity index (χ1n) is 14.1. The molecule has 1 saturated heterocycles. The van der Waals surface area contributed by atoms with Crippen molar-refractivity contribution in [2.24, 2.45) is 0 Å². The van der Waals surface area contributed by atoms with Gasteiger partial charge in [-0.15, -0.1) is 0 Å². The second kappa shape index (κ2) is 11.6. The molecular weight excluding hydrogens is 482 g/mol. The van der Waals surface area contributed by atoms with Gasteiger partial charge < -0.3 is 4.43 Å². The van der Waals surface area contributed by atoms with Crippen molar-refractivity contribution in [1.82, 2.24) is 14.8 Å². The molecule has 2 aliphatic rings. The first-order valence-corrected chi connectivity index (χ1v) is 16.5. The fourth-order valence-electron chi connectivity index (χ4n) is 5.67. The zero-order valence-corrected chi connectivity index (χ0v) is 24.7. The summed E-state index contributed by atoms with van der Waals surface area (Å²) in [4.78, 5) is 10.3. The van der Waals surface area contributed by atoms with Crippen molar-refractivity contribution in [3.8, 4) is 5.88 Å². The minimum atomic E-state index is -0.845. The number of aromatic nitrogens is 1. The Hall–Kier alpha value is -2.73. The molecule has 0 amide bonds. The maximum atomic E-state index is 6.09. The Morgan fingerprint density at radius 1 is 0.921 bits per heavy atom. The molecule has 4 nitrogen and oxygen atoms in total. The van der Waals surface area contributed by atoms with Gasteiger partial charge in [-0.3, -0.25) is 9.80 Å². The summed E-state index contributed by atoms with van der Waals surface area (Å²) < 4.78 is 6.09. The Balaban J connectivity index is 1.41. The number of rotatable bonds is 6. The fraction of sp³-hybridized carbons (Fsp3) is 0.424. The van der Waals surface area contributed by atoms with Crippen LogP contribution < -0.4 is 4.43 Å². The van der Waals surface area contributed by atoms with Crippen molar-refractivity contribution in [2.45, 2.75) is 58.2 Å². The van der Waals surface area contributed by atoms with Gasteiger partial charge in [0.05, 0.1) is 6.04 Å². The quantitative estimate of drug-likeness (QED) is 0.343. The van der Waals surface area contributed by atoms with E-state index in [0.29, 0.717) is 0 Å². The number of aryl methyl sites for hydroxylation is 2. The molecule has 1 aliphatic heterocycles. The molecule has 199 valence electrons. The molecule has 3 aromatic rings. The molecule has 1 atom stereocenters. The predicted octanol–water partition coefficient (Wildman–Crippen LogP) is 6.53. The van der Waals surface area contributed by atoms with E-state index in [2.05, 4.69) is 116 Å². The molecule has 38 heavy (non-hydrogen) atoms. The number of pyridine rings is 1. The SMILES string of the molecule is C[Si](C)Oc1ccc2c(n1)CCc1ccc(C(C)(C)C)cc1C2N1CCN(CC=Cc2ccccc2)CC1. The highest BCUT2D eigenvalue weighted by molar-refractivity contribution is 6.49. The lowest BCUT2D eigenvalue weighted by Gasteiger charge is -2.40. The molecular formula is C33H42N3OSi. The fourth-order valence-corrected chi connectivity index (χ4v) is 6.20. The van der Waals surface area contributed by atoms with Crippen LogP contribution in [0.5, 0.6) is 5.88 Å². The highest BCUT2D eigenvalue weighted by Gasteiger charge is 2.32. The van der Waals surface area contributed by atoms with Gasteiger partial charge in [-0.05, 0) is 71.3 Å². The molecule has 0 spiro atoms. The molecule has 5 rings (SSSR count). The van der Waals surface area contributed by atoms with Crippen LogP contribution in [0, 0.1) is 0 Å². The lowest BCUT2D eigenvalue weighted by Crippen LogP contribution is -2.48. The van der Waals surface area contributed by atoms with Gasteiger partial charge in [-0.25, -0.2) is 4.98 Å². The van der Waals surface area contributed by atoms with E-state index in [-0.39, 0.29) is 11.5 Å². The largest absolute Gasteiger partial charge is 0.530 e. The number of hydrogen-bond donors (Lipinski definition) is 0. The molecule has 1 fully saturated rings. The van der Waals surface area contributed by atoms with E-state index in [1.807, 2.05) is 0 Å². The molecule has 1 radical (unpaired) electrons. The third-order valence-corrected chi connectivity index (χ3v) is 8.39. The van der Waals surface area contributed by atoms with Crippen molar-refractivity contribution in [3.05, 3.63) is 100 Å². The second-order valence-corrected chi connectivity index (χ2v) is 13.9. The first-order chi connectivity index (χ1) is 18.3. The van der Waals surface area contributed by atoms with Crippen LogP contribution in [0.4, 0.5) is 0 Å². The summed E-state index contributed by atoms with van der Waals surface area (Å²) in [5.41, 5.74) is 8.30. The van der Waals surface area contributed by atoms with E-state index in [9.17, 15) is 0 Å². The Labute approximate surface area is 231 Å². The van der Waals surface area contributed by atoms with E-state index in [1.54, 1.807) is 0 Å². The molecule has 0 bridgehead atoms. The zero-order valence-electron chi connectivity index (χ0n) is 23.7. The highest BCUT2D eigenvalue weighted by Crippen LogP contribution is 2.39. The van der Waals surface area contributed by atoms with Gasteiger partial charge in [0.25, 0.3) is 9.04 Å². The molecule has 5 heteroatoms. The summed E-state index contributed by atoms with van der Waals surface area (Å²) in [7, 11) is -0.845. The molecule has 0 saturated carbocycles. The van der Waals surface area contributed by atoms with Crippen molar-refractivity contribution in [1.29, 1.82) is 0 Å². The average Bonchev–Trinajstić information content (AvgIpc) is 3.05. The minimum Gasteiger partial charge on any atom is -0.530 e. The van der Waals surface area contributed by atoms with Crippen LogP contribution in [0.15, 0.2) is 66.7 Å². The van der Waals surface area contributed by atoms with E-state index >= 15 is 0 Å². The maximum absolute atomic E-state index is 6.09. The van der Waals surface area contributed by atoms with E-state index in [0.717, 1.165) is 51.4 Å². The summed E-state index contributed by atoms with van der Waals surface area (Å²) >= 11 is 0. The molecule has 2 heterocycles. The van der Waals surface area contributed by atoms with Gasteiger partial charge in [-0.1, -0.05) is 81.5 Å². The first kappa shape index (κ1) is 26.9. The van der Waals surface area contributed by atoms with Crippen LogP contribution >= 0.6 is 0 Å². The van der Waals surface area contributed by atoms with Crippen LogP contribution in [-0.2, 0) is 18.3 Å². The second-order valence-electron chi connectivity index (χ2n) is 11.9. The minimum absolute atomic E-state index is 0.120. The molecule has 0 N–H and O–H groups in total. The van der Waals surface area contributed by atoms with Crippen LogP contribution in [0.1, 0.15) is 60.3 Å². The van der Waals surface area contributed by atoms with Gasteiger partial charge >= 0.3 is 0 Å². The highest BCUT2D eigenvalue weighted by atomic mass is 28.3. The van der Waals surface area contributed by atoms with Crippen LogP contribution in [-0.4, -0.2) is 56.5 Å². The summed E-state index contributed by atoms with van der Waals surface area (Å²) in [6, 6.07) is 22.5. The van der Waals surface area contributed by atoms with E-state index in [4.69, 9.17) is 9.41 Å². The number of hydrogen-bond acceptors (Lipinski definition) is 4. The smallest absolute Gasteiger partial charge is 0.276 e. The van der Waals surface area contributed by atoms with Gasteiger partial charge in [0, 0.05) is 38.4 Å². The lowest BCUT2D eigenvalue weighted by atomic mass is 9.83. The molecule has 1 unspecified atom stereocenters. The van der Waals surface area contributed by atoms with E-state index < -0.39 is 9.04 Å². The number of nitrogens with zero attached hydrogens (tertiary/aromatic N) is 3. The Morgan fingerprint density at radius 2 is 1.68 bits per heavy atom. The Kier molecular flexibility index (Phi) is 8.17. The monoisotopic (exact) mass is 524 g/mol. The predicted molar refractivity (Wildman–Crippen MR) is 160 cm³/mol. The molecule has 2 aromatic carbocycles. The van der Waals surface area contributed by atoms with Gasteiger partial charge in [0.15, 0.2) is 5.88 Å². The molecule has 1 aromatic heterocycles. The lowest BCUT2D eigenvalue weighted by molar-refractivity contribution is 0.117. The van der Waals surface area contributed by atoms with Crippen LogP contribution in [0.3, 0.4) is 0 Å². The molecule has 1 aliphatic carbocycles. The van der Waals surface area contributed by atoms with Crippen molar-refractivity contribution < 1.29 is 4.43 Å². The average molecular weight is 525 g/mol. The van der Waals surface area contributed by atoms with Crippen molar-refractivity contribution >= 4 is 15.1 Å². The number of fused-ring (bicyclic) bond motifs is 2. The van der Waals surface area contributed by atoms with Crippen molar-refractivity contribution in [3.63, 3.8) is 0 Å². The number of benzene rings is 2. The van der Waals surface area contributed by atoms with Crippen LogP contribution in [0.2, 0.25) is 13.1 Å². The van der Waals surface area contributed by atoms with Gasteiger partial charge in [0.2, 0.25) is 0 Å². The number of piperazine rings is 1. The maximum Gasteiger partial charge on any atom is 0.276 e. The van der Waals surface area contributed by atoms with Gasteiger partial charge in [-0.2, -0.15) is 0 Å². The third-order valence-electron chi connectivity index (χ3n) is 7.77. The van der Waals surface area contributed by atoms with E-state index in [1.165, 1.54) is 33.5 Å². The third kappa shape index (κ3) is 6.28. The summed E-state index contributed by atoms with van der Waals surface area (Å²) in [6.07, 6.45) is 6.53. The van der Waals surface area contributed by atoms with Gasteiger partial charge in [0.1, 0.15) is 0 Å². The standard InChI is InChI=1S/C33H42N3OSi/c1-33(2,3)27-15-13-26-14-17-30-28(16-18-31(34-30)37-38(4)5)32(29(26)24-27)36-22-20-35(21-23-36)19-9-12-25-10-7-6-8-11-25/h6-13,15-16,18,24,32H,14,17,19-23H2,1-5H3. The normalized spacial score (nSPS) is 18.8. The van der Waals surface area contributed by atoms with Crippen LogP contribution in [0.25, 0.3) is 6.08 Å². The summed E-state index contributed by atoms with van der Waals surface area (Å²) in [5.74, 6) is 0.790.